The van der Waals surface area contributed by atoms with E-state index in [0.717, 1.165) is 15.7 Å². The molecule has 1 aliphatic heterocycles. The fourth-order valence-corrected chi connectivity index (χ4v) is 4.17. The van der Waals surface area contributed by atoms with E-state index in [1.807, 2.05) is 24.3 Å². The Morgan fingerprint density at radius 2 is 1.77 bits per heavy atom. The zero-order valence-corrected chi connectivity index (χ0v) is 20.7. The van der Waals surface area contributed by atoms with Crippen molar-refractivity contribution in [3.8, 4) is 22.9 Å². The molecular formula is C26H22BrN3O5. The van der Waals surface area contributed by atoms with Crippen LogP contribution in [0.4, 0.5) is 0 Å². The average molecular weight is 536 g/mol. The number of aromatic nitrogens is 1. The number of benzene rings is 2. The van der Waals surface area contributed by atoms with E-state index in [1.54, 1.807) is 24.3 Å². The van der Waals surface area contributed by atoms with Crippen LogP contribution in [0.5, 0.6) is 17.2 Å². The molecular weight excluding hydrogens is 514 g/mol. The van der Waals surface area contributed by atoms with Crippen molar-refractivity contribution >= 4 is 28.1 Å². The highest BCUT2D eigenvalue weighted by atomic mass is 79.9. The number of rotatable bonds is 7. The topological polar surface area (TPSA) is 87.2 Å². The van der Waals surface area contributed by atoms with Crippen LogP contribution in [-0.4, -0.2) is 23.5 Å². The van der Waals surface area contributed by atoms with Crippen LogP contribution in [0.1, 0.15) is 33.3 Å². The Kier molecular flexibility index (Phi) is 6.33. The second kappa shape index (κ2) is 9.71. The zero-order valence-electron chi connectivity index (χ0n) is 19.1. The molecule has 35 heavy (non-hydrogen) atoms. The van der Waals surface area contributed by atoms with Crippen LogP contribution < -0.4 is 19.6 Å². The lowest BCUT2D eigenvalue weighted by atomic mass is 10.2. The van der Waals surface area contributed by atoms with Crippen LogP contribution in [0.15, 0.2) is 74.7 Å². The molecule has 0 spiro atoms. The van der Waals surface area contributed by atoms with Gasteiger partial charge < -0.3 is 23.2 Å². The summed E-state index contributed by atoms with van der Waals surface area (Å²) in [6, 6.07) is 18.9. The fourth-order valence-electron chi connectivity index (χ4n) is 3.75. The van der Waals surface area contributed by atoms with Gasteiger partial charge in [-0.3, -0.25) is 4.79 Å². The zero-order chi connectivity index (χ0) is 24.4. The maximum atomic E-state index is 12.4. The Balaban J connectivity index is 1.16. The Morgan fingerprint density at radius 1 is 1.06 bits per heavy atom. The first-order chi connectivity index (χ1) is 17.0. The van der Waals surface area contributed by atoms with Crippen molar-refractivity contribution in [2.45, 2.75) is 20.5 Å². The maximum Gasteiger partial charge on any atom is 0.307 e. The molecule has 0 saturated heterocycles. The highest BCUT2D eigenvalue weighted by Crippen LogP contribution is 2.36. The summed E-state index contributed by atoms with van der Waals surface area (Å²) in [7, 11) is 0. The summed E-state index contributed by atoms with van der Waals surface area (Å²) in [6.45, 7) is 4.52. The van der Waals surface area contributed by atoms with Crippen LogP contribution >= 0.6 is 15.9 Å². The molecule has 2 aromatic heterocycles. The van der Waals surface area contributed by atoms with Crippen molar-refractivity contribution in [2.75, 3.05) is 6.79 Å². The van der Waals surface area contributed by atoms with Gasteiger partial charge in [0.2, 0.25) is 6.79 Å². The van der Waals surface area contributed by atoms with Crippen molar-refractivity contribution in [1.29, 1.82) is 0 Å². The summed E-state index contributed by atoms with van der Waals surface area (Å²) < 4.78 is 25.1. The molecule has 3 heterocycles. The third kappa shape index (κ3) is 4.95. The largest absolute Gasteiger partial charge is 0.486 e. The van der Waals surface area contributed by atoms with Crippen LogP contribution in [-0.2, 0) is 6.61 Å². The van der Waals surface area contributed by atoms with E-state index in [2.05, 4.69) is 57.0 Å². The monoisotopic (exact) mass is 535 g/mol. The first-order valence-electron chi connectivity index (χ1n) is 10.9. The summed E-state index contributed by atoms with van der Waals surface area (Å²) in [5, 5.41) is 4.00. The van der Waals surface area contributed by atoms with Gasteiger partial charge in [-0.1, -0.05) is 0 Å². The van der Waals surface area contributed by atoms with E-state index < -0.39 is 5.91 Å². The van der Waals surface area contributed by atoms with Gasteiger partial charge in [-0.15, -0.1) is 0 Å². The normalized spacial score (nSPS) is 12.3. The summed E-state index contributed by atoms with van der Waals surface area (Å²) in [6.07, 6.45) is 1.51. The minimum atomic E-state index is -0.466. The van der Waals surface area contributed by atoms with Crippen molar-refractivity contribution < 1.29 is 23.4 Å². The van der Waals surface area contributed by atoms with Crippen molar-refractivity contribution in [1.82, 2.24) is 9.99 Å². The van der Waals surface area contributed by atoms with E-state index >= 15 is 0 Å². The molecule has 8 nitrogen and oxygen atoms in total. The smallest absolute Gasteiger partial charge is 0.307 e. The molecule has 2 aromatic carbocycles. The molecule has 4 aromatic rings. The Morgan fingerprint density at radius 3 is 2.51 bits per heavy atom. The highest BCUT2D eigenvalue weighted by molar-refractivity contribution is 9.10. The lowest BCUT2D eigenvalue weighted by Gasteiger charge is -2.10. The van der Waals surface area contributed by atoms with Gasteiger partial charge in [0, 0.05) is 27.1 Å². The molecule has 0 atom stereocenters. The SMILES string of the molecule is Cc1ccc(C)n1-c1ccc(OCc2ccc(C(=O)N/N=C/c3cc4c(cc3Br)OCO4)o2)cc1. The van der Waals surface area contributed by atoms with Crippen LogP contribution in [0.2, 0.25) is 0 Å². The fraction of sp³-hybridized carbons (Fsp3) is 0.154. The highest BCUT2D eigenvalue weighted by Gasteiger charge is 2.16. The number of carbonyl (C=O) groups is 1. The third-order valence-electron chi connectivity index (χ3n) is 5.49. The number of aryl methyl sites for hydroxylation is 2. The number of furan rings is 1. The summed E-state index contributed by atoms with van der Waals surface area (Å²) in [4.78, 5) is 12.4. The van der Waals surface area contributed by atoms with Gasteiger partial charge in [0.05, 0.1) is 6.21 Å². The second-order valence-electron chi connectivity index (χ2n) is 7.93. The quantitative estimate of drug-likeness (QED) is 0.248. The number of ether oxygens (including phenoxy) is 3. The van der Waals surface area contributed by atoms with Gasteiger partial charge in [0.15, 0.2) is 17.3 Å². The summed E-state index contributed by atoms with van der Waals surface area (Å²) in [5.74, 6) is 2.19. The van der Waals surface area contributed by atoms with E-state index in [0.29, 0.717) is 23.0 Å². The maximum absolute atomic E-state index is 12.4. The van der Waals surface area contributed by atoms with Gasteiger partial charge in [0.1, 0.15) is 18.1 Å². The third-order valence-corrected chi connectivity index (χ3v) is 6.18. The number of hydrazone groups is 1. The molecule has 0 saturated carbocycles. The van der Waals surface area contributed by atoms with E-state index in [-0.39, 0.29) is 19.2 Å². The summed E-state index contributed by atoms with van der Waals surface area (Å²) in [5.41, 5.74) is 6.61. The molecule has 0 aliphatic carbocycles. The summed E-state index contributed by atoms with van der Waals surface area (Å²) >= 11 is 3.45. The van der Waals surface area contributed by atoms with Gasteiger partial charge in [-0.2, -0.15) is 5.10 Å². The molecule has 1 N–H and O–H groups in total. The number of carbonyl (C=O) groups excluding carboxylic acids is 1. The Bertz CT molecular complexity index is 1390. The number of amides is 1. The van der Waals surface area contributed by atoms with Crippen LogP contribution in [0.25, 0.3) is 5.69 Å². The van der Waals surface area contributed by atoms with Crippen LogP contribution in [0.3, 0.4) is 0 Å². The Labute approximate surface area is 210 Å². The molecule has 0 fully saturated rings. The number of nitrogens with one attached hydrogen (secondary N) is 1. The molecule has 178 valence electrons. The van der Waals surface area contributed by atoms with Crippen molar-refractivity contribution in [3.05, 3.63) is 93.6 Å². The molecule has 5 rings (SSSR count). The van der Waals surface area contributed by atoms with Gasteiger partial charge in [-0.25, -0.2) is 5.43 Å². The van der Waals surface area contributed by atoms with Gasteiger partial charge in [-0.05, 0) is 90.4 Å². The lowest BCUT2D eigenvalue weighted by molar-refractivity contribution is 0.0923. The molecule has 9 heteroatoms. The first-order valence-corrected chi connectivity index (χ1v) is 11.7. The molecule has 1 aliphatic rings. The first kappa shape index (κ1) is 22.8. The van der Waals surface area contributed by atoms with Crippen molar-refractivity contribution in [2.24, 2.45) is 5.10 Å². The average Bonchev–Trinajstić information content (AvgIpc) is 3.58. The molecule has 0 unspecified atom stereocenters. The van der Waals surface area contributed by atoms with Crippen LogP contribution in [0, 0.1) is 13.8 Å². The van der Waals surface area contributed by atoms with Gasteiger partial charge in [0.25, 0.3) is 0 Å². The number of hydrogen-bond donors (Lipinski definition) is 1. The minimum Gasteiger partial charge on any atom is -0.486 e. The molecule has 1 amide bonds. The van der Waals surface area contributed by atoms with Gasteiger partial charge >= 0.3 is 5.91 Å². The number of fused-ring (bicyclic) bond motifs is 1. The minimum absolute atomic E-state index is 0.138. The second-order valence-corrected chi connectivity index (χ2v) is 8.78. The standard InChI is InChI=1S/C26H22BrN3O5/c1-16-3-4-17(2)30(16)19-5-7-20(8-6-19)32-14-21-9-10-23(35-21)26(31)29-28-13-18-11-24-25(12-22(18)27)34-15-33-24/h3-13H,14-15H2,1-2H3,(H,29,31)/b28-13+. The Hall–Kier alpha value is -3.98. The number of nitrogens with zero attached hydrogens (tertiary/aromatic N) is 2. The number of halogens is 1. The predicted octanol–water partition coefficient (Wildman–Crippen LogP) is 5.52. The van der Waals surface area contributed by atoms with E-state index in [9.17, 15) is 4.79 Å². The number of hydrogen-bond acceptors (Lipinski definition) is 6. The lowest BCUT2D eigenvalue weighted by Crippen LogP contribution is -2.16. The van der Waals surface area contributed by atoms with E-state index in [4.69, 9.17) is 18.6 Å². The molecule has 0 radical (unpaired) electrons. The van der Waals surface area contributed by atoms with Crippen molar-refractivity contribution in [3.63, 3.8) is 0 Å². The van der Waals surface area contributed by atoms with E-state index in [1.165, 1.54) is 17.6 Å². The molecule has 0 bridgehead atoms. The predicted molar refractivity (Wildman–Crippen MR) is 134 cm³/mol.